The molecular weight excluding hydrogens is 240 g/mol. The van der Waals surface area contributed by atoms with Gasteiger partial charge in [0.2, 0.25) is 5.95 Å². The number of halogens is 3. The third-order valence-corrected chi connectivity index (χ3v) is 2.00. The standard InChI is InChI=1S/C10H5F2NO2.ClH/c11-8-5-3-1-2-4-6(5)13-9(12)7(8)10(14)15;/h1-4H,(H,14,15);1H. The molecule has 1 aromatic carbocycles. The largest absolute Gasteiger partial charge is 0.477 e. The van der Waals surface area contributed by atoms with Crippen LogP contribution in [0, 0.1) is 11.8 Å². The highest BCUT2D eigenvalue weighted by atomic mass is 35.5. The second-order valence-electron chi connectivity index (χ2n) is 2.91. The minimum atomic E-state index is -1.66. The number of nitrogens with zero attached hydrogens (tertiary/aromatic N) is 1. The Morgan fingerprint density at radius 2 is 1.88 bits per heavy atom. The molecule has 16 heavy (non-hydrogen) atoms. The first-order valence-electron chi connectivity index (χ1n) is 4.08. The van der Waals surface area contributed by atoms with Crippen LogP contribution in [-0.2, 0) is 0 Å². The highest BCUT2D eigenvalue weighted by molar-refractivity contribution is 5.93. The summed E-state index contributed by atoms with van der Waals surface area (Å²) in [6, 6.07) is 5.85. The molecule has 0 saturated heterocycles. The van der Waals surface area contributed by atoms with Crippen LogP contribution in [0.2, 0.25) is 0 Å². The molecule has 0 radical (unpaired) electrons. The fraction of sp³-hybridized carbons (Fsp3) is 0. The molecule has 2 rings (SSSR count). The molecular formula is C10H6ClF2NO2. The van der Waals surface area contributed by atoms with E-state index in [2.05, 4.69) is 4.98 Å². The number of fused-ring (bicyclic) bond motifs is 1. The Hall–Kier alpha value is -1.75. The number of carbonyl (C=O) groups is 1. The van der Waals surface area contributed by atoms with E-state index in [9.17, 15) is 13.6 Å². The highest BCUT2D eigenvalue weighted by Crippen LogP contribution is 2.20. The van der Waals surface area contributed by atoms with Crippen LogP contribution in [0.1, 0.15) is 10.4 Å². The lowest BCUT2D eigenvalue weighted by Crippen LogP contribution is -2.07. The Balaban J connectivity index is 0.00000128. The van der Waals surface area contributed by atoms with Crippen LogP contribution in [0.25, 0.3) is 10.9 Å². The quantitative estimate of drug-likeness (QED) is 0.786. The number of carboxylic acid groups (broad SMARTS) is 1. The van der Waals surface area contributed by atoms with Gasteiger partial charge < -0.3 is 5.11 Å². The predicted molar refractivity (Wildman–Crippen MR) is 55.9 cm³/mol. The number of aromatic nitrogens is 1. The van der Waals surface area contributed by atoms with E-state index in [-0.39, 0.29) is 23.3 Å². The molecule has 0 aliphatic rings. The van der Waals surface area contributed by atoms with E-state index in [4.69, 9.17) is 5.11 Å². The summed E-state index contributed by atoms with van der Waals surface area (Å²) in [6.45, 7) is 0. The molecule has 2 aromatic rings. The topological polar surface area (TPSA) is 50.2 Å². The molecule has 0 atom stereocenters. The number of carboxylic acids is 1. The van der Waals surface area contributed by atoms with Crippen LogP contribution in [0.4, 0.5) is 8.78 Å². The van der Waals surface area contributed by atoms with Crippen molar-refractivity contribution in [2.75, 3.05) is 0 Å². The van der Waals surface area contributed by atoms with Gasteiger partial charge in [0.15, 0.2) is 11.4 Å². The third-order valence-electron chi connectivity index (χ3n) is 2.00. The molecule has 1 aromatic heterocycles. The van der Waals surface area contributed by atoms with E-state index in [1.807, 2.05) is 0 Å². The SMILES string of the molecule is Cl.O=C(O)c1c(F)nc2ccccc2c1F. The molecule has 0 aliphatic heterocycles. The van der Waals surface area contributed by atoms with Crippen LogP contribution in [0.15, 0.2) is 24.3 Å². The van der Waals surface area contributed by atoms with Crippen molar-refractivity contribution >= 4 is 29.3 Å². The summed E-state index contributed by atoms with van der Waals surface area (Å²) in [5, 5.41) is 8.58. The highest BCUT2D eigenvalue weighted by Gasteiger charge is 2.20. The number of pyridine rings is 1. The minimum Gasteiger partial charge on any atom is -0.477 e. The lowest BCUT2D eigenvalue weighted by molar-refractivity contribution is 0.0686. The number of benzene rings is 1. The first-order chi connectivity index (χ1) is 7.11. The average Bonchev–Trinajstić information content (AvgIpc) is 2.17. The first-order valence-corrected chi connectivity index (χ1v) is 4.08. The smallest absolute Gasteiger partial charge is 0.343 e. The maximum absolute atomic E-state index is 13.5. The Morgan fingerprint density at radius 3 is 2.50 bits per heavy atom. The normalized spacial score (nSPS) is 9.88. The molecule has 1 heterocycles. The number of hydrogen-bond donors (Lipinski definition) is 1. The van der Waals surface area contributed by atoms with E-state index < -0.39 is 23.3 Å². The molecule has 0 unspecified atom stereocenters. The lowest BCUT2D eigenvalue weighted by Gasteiger charge is -2.02. The van der Waals surface area contributed by atoms with Crippen molar-refractivity contribution in [2.45, 2.75) is 0 Å². The Bertz CT molecular complexity index is 560. The van der Waals surface area contributed by atoms with Gasteiger partial charge in [0.05, 0.1) is 5.52 Å². The monoisotopic (exact) mass is 245 g/mol. The molecule has 0 amide bonds. The molecule has 1 N–H and O–H groups in total. The zero-order chi connectivity index (χ0) is 11.0. The molecule has 6 heteroatoms. The first kappa shape index (κ1) is 12.3. The van der Waals surface area contributed by atoms with Crippen molar-refractivity contribution in [3.8, 4) is 0 Å². The van der Waals surface area contributed by atoms with Gasteiger partial charge in [-0.25, -0.2) is 14.2 Å². The van der Waals surface area contributed by atoms with Crippen molar-refractivity contribution < 1.29 is 18.7 Å². The van der Waals surface area contributed by atoms with Gasteiger partial charge >= 0.3 is 5.97 Å². The molecule has 3 nitrogen and oxygen atoms in total. The van der Waals surface area contributed by atoms with Gasteiger partial charge in [0, 0.05) is 5.39 Å². The van der Waals surface area contributed by atoms with E-state index >= 15 is 0 Å². The van der Waals surface area contributed by atoms with Gasteiger partial charge in [0.1, 0.15) is 0 Å². The van der Waals surface area contributed by atoms with E-state index in [1.54, 1.807) is 6.07 Å². The summed E-state index contributed by atoms with van der Waals surface area (Å²) in [4.78, 5) is 13.9. The molecule has 0 fully saturated rings. The molecule has 84 valence electrons. The second kappa shape index (κ2) is 4.40. The number of aromatic carboxylic acids is 1. The van der Waals surface area contributed by atoms with E-state index in [0.29, 0.717) is 0 Å². The lowest BCUT2D eigenvalue weighted by atomic mass is 10.1. The summed E-state index contributed by atoms with van der Waals surface area (Å²) < 4.78 is 26.6. The maximum atomic E-state index is 13.5. The van der Waals surface area contributed by atoms with Gasteiger partial charge in [-0.2, -0.15) is 4.39 Å². The molecule has 0 spiro atoms. The molecule has 0 aliphatic carbocycles. The average molecular weight is 246 g/mol. The summed E-state index contributed by atoms with van der Waals surface area (Å²) in [5.74, 6) is -4.06. The van der Waals surface area contributed by atoms with Crippen molar-refractivity contribution in [1.29, 1.82) is 0 Å². The van der Waals surface area contributed by atoms with Crippen molar-refractivity contribution in [1.82, 2.24) is 4.98 Å². The molecule has 0 bridgehead atoms. The third kappa shape index (κ3) is 1.81. The Kier molecular flexibility index (Phi) is 3.39. The van der Waals surface area contributed by atoms with Crippen molar-refractivity contribution in [3.63, 3.8) is 0 Å². The number of para-hydroxylation sites is 1. The summed E-state index contributed by atoms with van der Waals surface area (Å²) in [5.41, 5.74) is -0.925. The number of hydrogen-bond acceptors (Lipinski definition) is 2. The zero-order valence-corrected chi connectivity index (χ0v) is 8.59. The van der Waals surface area contributed by atoms with Crippen LogP contribution < -0.4 is 0 Å². The Morgan fingerprint density at radius 1 is 1.25 bits per heavy atom. The van der Waals surface area contributed by atoms with Gasteiger partial charge in [-0.15, -0.1) is 12.4 Å². The van der Waals surface area contributed by atoms with Gasteiger partial charge in [-0.1, -0.05) is 12.1 Å². The van der Waals surface area contributed by atoms with Crippen LogP contribution in [0.3, 0.4) is 0 Å². The fourth-order valence-electron chi connectivity index (χ4n) is 1.33. The van der Waals surface area contributed by atoms with Crippen LogP contribution >= 0.6 is 12.4 Å². The van der Waals surface area contributed by atoms with Gasteiger partial charge in [-0.05, 0) is 12.1 Å². The van der Waals surface area contributed by atoms with Crippen LogP contribution in [0.5, 0.6) is 0 Å². The van der Waals surface area contributed by atoms with E-state index in [0.717, 1.165) is 0 Å². The van der Waals surface area contributed by atoms with Crippen LogP contribution in [-0.4, -0.2) is 16.1 Å². The summed E-state index contributed by atoms with van der Waals surface area (Å²) in [6.07, 6.45) is 0. The fourth-order valence-corrected chi connectivity index (χ4v) is 1.33. The van der Waals surface area contributed by atoms with Gasteiger partial charge in [-0.3, -0.25) is 0 Å². The number of rotatable bonds is 1. The predicted octanol–water partition coefficient (Wildman–Crippen LogP) is 2.63. The van der Waals surface area contributed by atoms with Crippen molar-refractivity contribution in [3.05, 3.63) is 41.6 Å². The maximum Gasteiger partial charge on any atom is 0.343 e. The summed E-state index contributed by atoms with van der Waals surface area (Å²) >= 11 is 0. The molecule has 0 saturated carbocycles. The van der Waals surface area contributed by atoms with Crippen molar-refractivity contribution in [2.24, 2.45) is 0 Å². The zero-order valence-electron chi connectivity index (χ0n) is 7.78. The second-order valence-corrected chi connectivity index (χ2v) is 2.91. The van der Waals surface area contributed by atoms with E-state index in [1.165, 1.54) is 18.2 Å². The minimum absolute atomic E-state index is 0. The Labute approximate surface area is 95.1 Å². The summed E-state index contributed by atoms with van der Waals surface area (Å²) in [7, 11) is 0. The van der Waals surface area contributed by atoms with Gasteiger partial charge in [0.25, 0.3) is 0 Å².